The fourth-order valence-electron chi connectivity index (χ4n) is 2.50. The topological polar surface area (TPSA) is 103 Å². The van der Waals surface area contributed by atoms with Gasteiger partial charge in [0.05, 0.1) is 12.6 Å². The number of para-hydroxylation sites is 1. The zero-order valence-corrected chi connectivity index (χ0v) is 17.5. The molecular formula is C21H24ClFN4O3. The SMILES string of the molecule is CC(C)[C@H](N)C(=O)NCc1nc(-c2ccc(COc3ccccc3F)cc2)no1.Cl. The highest BCUT2D eigenvalue weighted by molar-refractivity contribution is 5.85. The Bertz CT molecular complexity index is 963. The van der Waals surface area contributed by atoms with Gasteiger partial charge in [0.1, 0.15) is 6.61 Å². The highest BCUT2D eigenvalue weighted by Crippen LogP contribution is 2.20. The van der Waals surface area contributed by atoms with Gasteiger partial charge in [0.15, 0.2) is 11.6 Å². The second kappa shape index (κ2) is 10.7. The predicted octanol–water partition coefficient (Wildman–Crippen LogP) is 3.48. The van der Waals surface area contributed by atoms with Crippen LogP contribution in [-0.4, -0.2) is 22.1 Å². The van der Waals surface area contributed by atoms with E-state index < -0.39 is 11.9 Å². The van der Waals surface area contributed by atoms with Crippen molar-refractivity contribution < 1.29 is 18.4 Å². The minimum absolute atomic E-state index is 0. The Morgan fingerprint density at radius 2 is 1.90 bits per heavy atom. The normalized spacial score (nSPS) is 11.6. The first-order chi connectivity index (χ1) is 13.9. The van der Waals surface area contributed by atoms with Crippen LogP contribution in [0.3, 0.4) is 0 Å². The van der Waals surface area contributed by atoms with Gasteiger partial charge in [0.25, 0.3) is 0 Å². The number of rotatable bonds is 8. The molecule has 3 rings (SSSR count). The van der Waals surface area contributed by atoms with E-state index in [0.29, 0.717) is 5.82 Å². The summed E-state index contributed by atoms with van der Waals surface area (Å²) in [5.74, 6) is 0.275. The van der Waals surface area contributed by atoms with E-state index in [9.17, 15) is 9.18 Å². The highest BCUT2D eigenvalue weighted by Gasteiger charge is 2.18. The van der Waals surface area contributed by atoms with E-state index in [1.165, 1.54) is 6.07 Å². The molecule has 2 aromatic carbocycles. The zero-order valence-electron chi connectivity index (χ0n) is 16.7. The molecule has 1 heterocycles. The van der Waals surface area contributed by atoms with Gasteiger partial charge in [-0.05, 0) is 23.6 Å². The van der Waals surface area contributed by atoms with E-state index in [1.54, 1.807) is 18.2 Å². The summed E-state index contributed by atoms with van der Waals surface area (Å²) in [5.41, 5.74) is 7.42. The maximum absolute atomic E-state index is 13.6. The quantitative estimate of drug-likeness (QED) is 0.562. The molecule has 0 saturated heterocycles. The van der Waals surface area contributed by atoms with Crippen molar-refractivity contribution in [1.29, 1.82) is 0 Å². The maximum atomic E-state index is 13.6. The van der Waals surface area contributed by atoms with Gasteiger partial charge < -0.3 is 20.3 Å². The molecule has 0 unspecified atom stereocenters. The molecule has 0 aliphatic heterocycles. The summed E-state index contributed by atoms with van der Waals surface area (Å²) in [6.07, 6.45) is 0. The van der Waals surface area contributed by atoms with Crippen molar-refractivity contribution in [2.24, 2.45) is 11.7 Å². The van der Waals surface area contributed by atoms with E-state index in [0.717, 1.165) is 11.1 Å². The van der Waals surface area contributed by atoms with Crippen LogP contribution in [0.4, 0.5) is 4.39 Å². The summed E-state index contributed by atoms with van der Waals surface area (Å²) in [5, 5.41) is 6.61. The average molecular weight is 435 g/mol. The molecule has 0 spiro atoms. The third kappa shape index (κ3) is 6.01. The molecule has 0 aliphatic carbocycles. The van der Waals surface area contributed by atoms with Crippen LogP contribution in [0.5, 0.6) is 5.75 Å². The number of benzene rings is 2. The van der Waals surface area contributed by atoms with Crippen LogP contribution >= 0.6 is 12.4 Å². The average Bonchev–Trinajstić information content (AvgIpc) is 3.20. The van der Waals surface area contributed by atoms with Crippen molar-refractivity contribution in [3.8, 4) is 17.1 Å². The number of aromatic nitrogens is 2. The third-order valence-electron chi connectivity index (χ3n) is 4.35. The molecular weight excluding hydrogens is 411 g/mol. The molecule has 0 fully saturated rings. The fraction of sp³-hybridized carbons (Fsp3) is 0.286. The number of halogens is 2. The Kier molecular flexibility index (Phi) is 8.32. The van der Waals surface area contributed by atoms with Crippen LogP contribution in [0.25, 0.3) is 11.4 Å². The number of amides is 1. The van der Waals surface area contributed by atoms with Crippen molar-refractivity contribution in [1.82, 2.24) is 15.5 Å². The molecule has 3 N–H and O–H groups in total. The lowest BCUT2D eigenvalue weighted by Crippen LogP contribution is -2.43. The first kappa shape index (κ1) is 23.3. The largest absolute Gasteiger partial charge is 0.486 e. The van der Waals surface area contributed by atoms with Gasteiger partial charge in [-0.2, -0.15) is 4.98 Å². The van der Waals surface area contributed by atoms with Gasteiger partial charge in [-0.1, -0.05) is 55.4 Å². The molecule has 3 aromatic rings. The first-order valence-electron chi connectivity index (χ1n) is 9.26. The molecule has 160 valence electrons. The van der Waals surface area contributed by atoms with E-state index in [-0.39, 0.29) is 49.0 Å². The molecule has 1 amide bonds. The monoisotopic (exact) mass is 434 g/mol. The van der Waals surface area contributed by atoms with Crippen LogP contribution < -0.4 is 15.8 Å². The first-order valence-corrected chi connectivity index (χ1v) is 9.26. The second-order valence-electron chi connectivity index (χ2n) is 6.92. The number of hydrogen-bond donors (Lipinski definition) is 2. The van der Waals surface area contributed by atoms with Crippen LogP contribution in [0.1, 0.15) is 25.3 Å². The van der Waals surface area contributed by atoms with Gasteiger partial charge in [-0.15, -0.1) is 12.4 Å². The molecule has 7 nitrogen and oxygen atoms in total. The minimum Gasteiger partial charge on any atom is -0.486 e. The van der Waals surface area contributed by atoms with Crippen LogP contribution in [0, 0.1) is 11.7 Å². The second-order valence-corrected chi connectivity index (χ2v) is 6.92. The predicted molar refractivity (Wildman–Crippen MR) is 112 cm³/mol. The van der Waals surface area contributed by atoms with Crippen molar-refractivity contribution in [3.63, 3.8) is 0 Å². The van der Waals surface area contributed by atoms with E-state index in [4.69, 9.17) is 15.0 Å². The summed E-state index contributed by atoms with van der Waals surface area (Å²) in [6, 6.07) is 13.0. The van der Waals surface area contributed by atoms with Gasteiger partial charge in [-0.3, -0.25) is 4.79 Å². The zero-order chi connectivity index (χ0) is 20.8. The number of hydrogen-bond acceptors (Lipinski definition) is 6. The van der Waals surface area contributed by atoms with E-state index in [1.807, 2.05) is 38.1 Å². The van der Waals surface area contributed by atoms with E-state index in [2.05, 4.69) is 15.5 Å². The molecule has 0 radical (unpaired) electrons. The minimum atomic E-state index is -0.587. The Labute approximate surface area is 180 Å². The van der Waals surface area contributed by atoms with Gasteiger partial charge in [0.2, 0.25) is 17.6 Å². The van der Waals surface area contributed by atoms with Crippen LogP contribution in [-0.2, 0) is 17.9 Å². The molecule has 0 bridgehead atoms. The molecule has 1 aromatic heterocycles. The fourth-order valence-corrected chi connectivity index (χ4v) is 2.50. The summed E-state index contributed by atoms with van der Waals surface area (Å²) in [6.45, 7) is 4.10. The van der Waals surface area contributed by atoms with Crippen LogP contribution in [0.2, 0.25) is 0 Å². The number of nitrogens with zero attached hydrogens (tertiary/aromatic N) is 2. The van der Waals surface area contributed by atoms with Gasteiger partial charge in [0, 0.05) is 5.56 Å². The number of nitrogens with two attached hydrogens (primary N) is 1. The lowest BCUT2D eigenvalue weighted by molar-refractivity contribution is -0.123. The summed E-state index contributed by atoms with van der Waals surface area (Å²) >= 11 is 0. The summed E-state index contributed by atoms with van der Waals surface area (Å²) < 4.78 is 24.3. The molecule has 1 atom stereocenters. The standard InChI is InChI=1S/C21H23FN4O3.ClH/c1-13(2)19(23)21(27)24-11-18-25-20(26-29-18)15-9-7-14(8-10-15)12-28-17-6-4-3-5-16(17)22;/h3-10,13,19H,11-12,23H2,1-2H3,(H,24,27);1H/t19-;/m0./s1. The third-order valence-corrected chi connectivity index (χ3v) is 4.35. The molecule has 0 aliphatic rings. The number of ether oxygens (including phenoxy) is 1. The Hall–Kier alpha value is -2.97. The van der Waals surface area contributed by atoms with Crippen molar-refractivity contribution >= 4 is 18.3 Å². The van der Waals surface area contributed by atoms with Gasteiger partial charge in [-0.25, -0.2) is 4.39 Å². The number of carbonyl (C=O) groups is 1. The van der Waals surface area contributed by atoms with Crippen molar-refractivity contribution in [3.05, 3.63) is 65.8 Å². The Balaban J connectivity index is 0.00000320. The summed E-state index contributed by atoms with van der Waals surface area (Å²) in [4.78, 5) is 16.2. The lowest BCUT2D eigenvalue weighted by Gasteiger charge is -2.14. The summed E-state index contributed by atoms with van der Waals surface area (Å²) in [7, 11) is 0. The Morgan fingerprint density at radius 3 is 2.57 bits per heavy atom. The maximum Gasteiger partial charge on any atom is 0.246 e. The molecule has 30 heavy (non-hydrogen) atoms. The number of nitrogens with one attached hydrogen (secondary N) is 1. The van der Waals surface area contributed by atoms with Gasteiger partial charge >= 0.3 is 0 Å². The van der Waals surface area contributed by atoms with Crippen molar-refractivity contribution in [2.75, 3.05) is 0 Å². The highest BCUT2D eigenvalue weighted by atomic mass is 35.5. The van der Waals surface area contributed by atoms with Crippen LogP contribution in [0.15, 0.2) is 53.1 Å². The molecule has 0 saturated carbocycles. The van der Waals surface area contributed by atoms with E-state index >= 15 is 0 Å². The number of carbonyl (C=O) groups excluding carboxylic acids is 1. The smallest absolute Gasteiger partial charge is 0.246 e. The Morgan fingerprint density at radius 1 is 1.20 bits per heavy atom. The lowest BCUT2D eigenvalue weighted by atomic mass is 10.1. The van der Waals surface area contributed by atoms with Crippen molar-refractivity contribution in [2.45, 2.75) is 33.0 Å². The molecule has 9 heteroatoms.